The highest BCUT2D eigenvalue weighted by Gasteiger charge is 2.38. The Bertz CT molecular complexity index is 186. The Morgan fingerprint density at radius 3 is 2.93 bits per heavy atom. The molecule has 0 aromatic rings. The van der Waals surface area contributed by atoms with E-state index in [-0.39, 0.29) is 5.41 Å². The second kappa shape index (κ2) is 5.83. The Morgan fingerprint density at radius 2 is 2.33 bits per heavy atom. The minimum absolute atomic E-state index is 0.0847. The fourth-order valence-corrected chi connectivity index (χ4v) is 2.43. The van der Waals surface area contributed by atoms with E-state index in [0.717, 1.165) is 19.4 Å². The molecule has 0 heterocycles. The molecule has 0 saturated heterocycles. The number of hydrogen-bond acceptors (Lipinski definition) is 3. The Balaban J connectivity index is 2.36. The number of rotatable bonds is 6. The van der Waals surface area contributed by atoms with Crippen molar-refractivity contribution in [2.45, 2.75) is 51.6 Å². The van der Waals surface area contributed by atoms with Gasteiger partial charge < -0.3 is 15.2 Å². The van der Waals surface area contributed by atoms with E-state index in [1.165, 1.54) is 12.8 Å². The van der Waals surface area contributed by atoms with Gasteiger partial charge in [-0.15, -0.1) is 0 Å². The van der Waals surface area contributed by atoms with Gasteiger partial charge >= 0.3 is 0 Å². The van der Waals surface area contributed by atoms with Crippen LogP contribution in [0.25, 0.3) is 0 Å². The van der Waals surface area contributed by atoms with E-state index in [4.69, 9.17) is 4.74 Å². The highest BCUT2D eigenvalue weighted by Crippen LogP contribution is 2.37. The average Bonchev–Trinajstić information content (AvgIpc) is 2.58. The molecule has 3 nitrogen and oxygen atoms in total. The molecule has 2 N–H and O–H groups in total. The highest BCUT2D eigenvalue weighted by molar-refractivity contribution is 4.93. The summed E-state index contributed by atoms with van der Waals surface area (Å²) in [6.07, 6.45) is 4.59. The molecule has 0 aromatic heterocycles. The summed E-state index contributed by atoms with van der Waals surface area (Å²) >= 11 is 0. The molecule has 0 aromatic carbocycles. The normalized spacial score (nSPS) is 33.2. The van der Waals surface area contributed by atoms with Gasteiger partial charge in [-0.3, -0.25) is 0 Å². The summed E-state index contributed by atoms with van der Waals surface area (Å²) in [6.45, 7) is 5.47. The van der Waals surface area contributed by atoms with Crippen LogP contribution < -0.4 is 5.32 Å². The molecule has 1 aliphatic rings. The molecule has 90 valence electrons. The van der Waals surface area contributed by atoms with Crippen LogP contribution in [-0.4, -0.2) is 37.5 Å². The van der Waals surface area contributed by atoms with Crippen LogP contribution in [0.1, 0.15) is 39.5 Å². The number of aliphatic hydroxyl groups is 1. The lowest BCUT2D eigenvalue weighted by Gasteiger charge is -2.32. The molecule has 3 atom stereocenters. The highest BCUT2D eigenvalue weighted by atomic mass is 16.5. The van der Waals surface area contributed by atoms with Crippen molar-refractivity contribution in [1.82, 2.24) is 5.32 Å². The van der Waals surface area contributed by atoms with Gasteiger partial charge in [-0.1, -0.05) is 13.3 Å². The van der Waals surface area contributed by atoms with Crippen LogP contribution in [0, 0.1) is 5.41 Å². The van der Waals surface area contributed by atoms with E-state index < -0.39 is 0 Å². The molecule has 1 rings (SSSR count). The standard InChI is InChI=1S/C12H25NO2/c1-10(6-8-15-3)13-11-5-4-7-12(11,2)9-14/h10-11,13-14H,4-9H2,1-3H3. The average molecular weight is 215 g/mol. The number of nitrogens with one attached hydrogen (secondary N) is 1. The Kier molecular flexibility index (Phi) is 5.03. The molecule has 0 radical (unpaired) electrons. The fourth-order valence-electron chi connectivity index (χ4n) is 2.43. The van der Waals surface area contributed by atoms with Gasteiger partial charge in [-0.2, -0.15) is 0 Å². The minimum Gasteiger partial charge on any atom is -0.396 e. The molecule has 0 amide bonds. The van der Waals surface area contributed by atoms with E-state index in [2.05, 4.69) is 19.2 Å². The van der Waals surface area contributed by atoms with E-state index in [1.54, 1.807) is 7.11 Å². The monoisotopic (exact) mass is 215 g/mol. The maximum absolute atomic E-state index is 9.42. The number of ether oxygens (including phenoxy) is 1. The zero-order chi connectivity index (χ0) is 11.3. The Hall–Kier alpha value is -0.120. The molecule has 0 spiro atoms. The lowest BCUT2D eigenvalue weighted by atomic mass is 9.85. The zero-order valence-corrected chi connectivity index (χ0v) is 10.3. The molecule has 0 aliphatic heterocycles. The number of methoxy groups -OCH3 is 1. The Labute approximate surface area is 93.2 Å². The van der Waals surface area contributed by atoms with Gasteiger partial charge in [-0.25, -0.2) is 0 Å². The van der Waals surface area contributed by atoms with E-state index in [0.29, 0.717) is 18.7 Å². The van der Waals surface area contributed by atoms with E-state index in [9.17, 15) is 5.11 Å². The van der Waals surface area contributed by atoms with Gasteiger partial charge in [0, 0.05) is 37.8 Å². The van der Waals surface area contributed by atoms with Crippen molar-refractivity contribution in [3.05, 3.63) is 0 Å². The third-order valence-corrected chi connectivity index (χ3v) is 3.68. The number of hydrogen-bond donors (Lipinski definition) is 2. The smallest absolute Gasteiger partial charge is 0.0499 e. The summed E-state index contributed by atoms with van der Waals surface area (Å²) in [5.41, 5.74) is 0.0847. The quantitative estimate of drug-likeness (QED) is 0.706. The lowest BCUT2D eigenvalue weighted by Crippen LogP contribution is -2.46. The minimum atomic E-state index is 0.0847. The van der Waals surface area contributed by atoms with Crippen molar-refractivity contribution in [2.75, 3.05) is 20.3 Å². The van der Waals surface area contributed by atoms with Crippen molar-refractivity contribution in [1.29, 1.82) is 0 Å². The first kappa shape index (κ1) is 12.9. The van der Waals surface area contributed by atoms with Crippen molar-refractivity contribution in [3.8, 4) is 0 Å². The molecule has 1 saturated carbocycles. The van der Waals surface area contributed by atoms with Gasteiger partial charge in [-0.05, 0) is 26.2 Å². The molecular formula is C12H25NO2. The van der Waals surface area contributed by atoms with Gasteiger partial charge in [0.1, 0.15) is 0 Å². The topological polar surface area (TPSA) is 41.5 Å². The molecule has 1 fully saturated rings. The van der Waals surface area contributed by atoms with Crippen molar-refractivity contribution in [2.24, 2.45) is 5.41 Å². The van der Waals surface area contributed by atoms with Gasteiger partial charge in [0.05, 0.1) is 0 Å². The Morgan fingerprint density at radius 1 is 1.60 bits per heavy atom. The van der Waals surface area contributed by atoms with Crippen LogP contribution in [0.4, 0.5) is 0 Å². The molecule has 3 unspecified atom stereocenters. The third kappa shape index (κ3) is 3.44. The largest absolute Gasteiger partial charge is 0.396 e. The second-order valence-corrected chi connectivity index (χ2v) is 5.11. The van der Waals surface area contributed by atoms with Crippen LogP contribution >= 0.6 is 0 Å². The maximum Gasteiger partial charge on any atom is 0.0499 e. The summed E-state index contributed by atoms with van der Waals surface area (Å²) in [6, 6.07) is 0.938. The first-order valence-electron chi connectivity index (χ1n) is 5.98. The maximum atomic E-state index is 9.42. The van der Waals surface area contributed by atoms with Crippen LogP contribution in [0.3, 0.4) is 0 Å². The third-order valence-electron chi connectivity index (χ3n) is 3.68. The summed E-state index contributed by atoms with van der Waals surface area (Å²) in [5.74, 6) is 0. The predicted octanol–water partition coefficient (Wildman–Crippen LogP) is 1.55. The van der Waals surface area contributed by atoms with Crippen molar-refractivity contribution < 1.29 is 9.84 Å². The summed E-state index contributed by atoms with van der Waals surface area (Å²) < 4.78 is 5.07. The fraction of sp³-hybridized carbons (Fsp3) is 1.00. The molecule has 0 bridgehead atoms. The van der Waals surface area contributed by atoms with Crippen LogP contribution in [0.2, 0.25) is 0 Å². The summed E-state index contributed by atoms with van der Waals surface area (Å²) in [7, 11) is 1.74. The summed E-state index contributed by atoms with van der Waals surface area (Å²) in [4.78, 5) is 0. The van der Waals surface area contributed by atoms with Gasteiger partial charge in [0.25, 0.3) is 0 Å². The molecule has 1 aliphatic carbocycles. The van der Waals surface area contributed by atoms with Crippen LogP contribution in [0.15, 0.2) is 0 Å². The van der Waals surface area contributed by atoms with Crippen LogP contribution in [-0.2, 0) is 4.74 Å². The van der Waals surface area contributed by atoms with Gasteiger partial charge in [0.15, 0.2) is 0 Å². The van der Waals surface area contributed by atoms with Gasteiger partial charge in [0.2, 0.25) is 0 Å². The second-order valence-electron chi connectivity index (χ2n) is 5.11. The summed E-state index contributed by atoms with van der Waals surface area (Å²) in [5, 5.41) is 13.0. The lowest BCUT2D eigenvalue weighted by molar-refractivity contribution is 0.109. The van der Waals surface area contributed by atoms with Crippen molar-refractivity contribution in [3.63, 3.8) is 0 Å². The number of aliphatic hydroxyl groups excluding tert-OH is 1. The predicted molar refractivity (Wildman–Crippen MR) is 61.9 cm³/mol. The van der Waals surface area contributed by atoms with Crippen molar-refractivity contribution >= 4 is 0 Å². The van der Waals surface area contributed by atoms with Crippen LogP contribution in [0.5, 0.6) is 0 Å². The first-order chi connectivity index (χ1) is 7.12. The SMILES string of the molecule is COCCC(C)NC1CCCC1(C)CO. The molecular weight excluding hydrogens is 190 g/mol. The van der Waals surface area contributed by atoms with E-state index >= 15 is 0 Å². The molecule has 3 heteroatoms. The van der Waals surface area contributed by atoms with E-state index in [1.807, 2.05) is 0 Å². The zero-order valence-electron chi connectivity index (χ0n) is 10.3. The molecule has 15 heavy (non-hydrogen) atoms. The first-order valence-corrected chi connectivity index (χ1v) is 5.98.